The van der Waals surface area contributed by atoms with E-state index in [0.717, 1.165) is 17.9 Å². The first kappa shape index (κ1) is 14.0. The fourth-order valence-corrected chi connectivity index (χ4v) is 3.13. The molecule has 1 aromatic carbocycles. The second-order valence-electron chi connectivity index (χ2n) is 5.54. The van der Waals surface area contributed by atoms with E-state index in [1.807, 2.05) is 7.05 Å². The summed E-state index contributed by atoms with van der Waals surface area (Å²) in [6, 6.07) is 2.38. The number of rotatable bonds is 4. The van der Waals surface area contributed by atoms with Crippen LogP contribution in [0.2, 0.25) is 0 Å². The summed E-state index contributed by atoms with van der Waals surface area (Å²) in [5.74, 6) is 2.18. The number of fused-ring (bicyclic) bond motifs is 1. The van der Waals surface area contributed by atoms with Crippen LogP contribution < -0.4 is 19.5 Å². The Balaban J connectivity index is 2.74. The summed E-state index contributed by atoms with van der Waals surface area (Å²) in [6.07, 6.45) is 1.03. The monoisotopic (exact) mass is 265 g/mol. The van der Waals surface area contributed by atoms with Crippen LogP contribution in [0, 0.1) is 0 Å². The van der Waals surface area contributed by atoms with Gasteiger partial charge in [0.15, 0.2) is 11.5 Å². The van der Waals surface area contributed by atoms with Crippen LogP contribution in [0.5, 0.6) is 17.2 Å². The van der Waals surface area contributed by atoms with Gasteiger partial charge in [-0.1, -0.05) is 13.8 Å². The van der Waals surface area contributed by atoms with Crippen LogP contribution in [0.4, 0.5) is 0 Å². The predicted molar refractivity (Wildman–Crippen MR) is 75.5 cm³/mol. The molecule has 4 heteroatoms. The molecule has 0 saturated carbocycles. The van der Waals surface area contributed by atoms with Crippen molar-refractivity contribution in [2.24, 2.45) is 0 Å². The Morgan fingerprint density at radius 2 is 1.74 bits per heavy atom. The molecule has 0 fully saturated rings. The first-order valence-corrected chi connectivity index (χ1v) is 6.50. The SMILES string of the molecule is CNC1CC(C)(C)c2c1cc(OC)c(OC)c2OC. The quantitative estimate of drug-likeness (QED) is 0.908. The number of hydrogen-bond acceptors (Lipinski definition) is 4. The van der Waals surface area contributed by atoms with Gasteiger partial charge in [0, 0.05) is 11.6 Å². The lowest BCUT2D eigenvalue weighted by Crippen LogP contribution is -2.17. The molecule has 1 N–H and O–H groups in total. The molecule has 0 saturated heterocycles. The molecule has 0 amide bonds. The smallest absolute Gasteiger partial charge is 0.203 e. The van der Waals surface area contributed by atoms with Gasteiger partial charge < -0.3 is 19.5 Å². The molecular formula is C15H23NO3. The largest absolute Gasteiger partial charge is 0.493 e. The second-order valence-corrected chi connectivity index (χ2v) is 5.54. The fraction of sp³-hybridized carbons (Fsp3) is 0.600. The Morgan fingerprint density at radius 1 is 1.11 bits per heavy atom. The number of methoxy groups -OCH3 is 3. The lowest BCUT2D eigenvalue weighted by molar-refractivity contribution is 0.318. The van der Waals surface area contributed by atoms with Gasteiger partial charge in [-0.15, -0.1) is 0 Å². The van der Waals surface area contributed by atoms with Gasteiger partial charge in [-0.05, 0) is 30.5 Å². The molecule has 2 rings (SSSR count). The molecule has 106 valence electrons. The van der Waals surface area contributed by atoms with Gasteiger partial charge in [0.25, 0.3) is 0 Å². The molecule has 0 aromatic heterocycles. The molecule has 4 nitrogen and oxygen atoms in total. The van der Waals surface area contributed by atoms with Crippen LogP contribution in [0.3, 0.4) is 0 Å². The fourth-order valence-electron chi connectivity index (χ4n) is 3.13. The van der Waals surface area contributed by atoms with Gasteiger partial charge in [-0.2, -0.15) is 0 Å². The molecule has 1 atom stereocenters. The first-order valence-electron chi connectivity index (χ1n) is 6.50. The average molecular weight is 265 g/mol. The maximum Gasteiger partial charge on any atom is 0.203 e. The standard InChI is InChI=1S/C15H23NO3/c1-15(2)8-10(16-3)9-7-11(17-4)13(18-5)14(19-6)12(9)15/h7,10,16H,8H2,1-6H3. The summed E-state index contributed by atoms with van der Waals surface area (Å²) in [7, 11) is 6.96. The maximum atomic E-state index is 5.62. The van der Waals surface area contributed by atoms with E-state index in [1.165, 1.54) is 11.1 Å². The van der Waals surface area contributed by atoms with Crippen molar-refractivity contribution in [3.05, 3.63) is 17.2 Å². The molecule has 1 aliphatic carbocycles. The number of hydrogen-bond donors (Lipinski definition) is 1. The van der Waals surface area contributed by atoms with Crippen LogP contribution in [0.1, 0.15) is 37.4 Å². The summed E-state index contributed by atoms with van der Waals surface area (Å²) in [5.41, 5.74) is 2.50. The van der Waals surface area contributed by atoms with Gasteiger partial charge in [0.1, 0.15) is 0 Å². The third-order valence-electron chi connectivity index (χ3n) is 3.98. The van der Waals surface area contributed by atoms with Crippen molar-refractivity contribution in [3.63, 3.8) is 0 Å². The molecule has 0 aliphatic heterocycles. The Morgan fingerprint density at radius 3 is 2.21 bits per heavy atom. The third-order valence-corrected chi connectivity index (χ3v) is 3.98. The number of nitrogens with one attached hydrogen (secondary N) is 1. The van der Waals surface area contributed by atoms with Crippen molar-refractivity contribution in [2.75, 3.05) is 28.4 Å². The van der Waals surface area contributed by atoms with E-state index in [-0.39, 0.29) is 5.41 Å². The van der Waals surface area contributed by atoms with Gasteiger partial charge in [0.2, 0.25) is 5.75 Å². The minimum absolute atomic E-state index is 0.0495. The molecule has 1 unspecified atom stereocenters. The maximum absolute atomic E-state index is 5.62. The average Bonchev–Trinajstić information content (AvgIpc) is 2.67. The first-order chi connectivity index (χ1) is 9.00. The molecule has 0 heterocycles. The van der Waals surface area contributed by atoms with E-state index in [2.05, 4.69) is 25.2 Å². The Kier molecular flexibility index (Phi) is 3.63. The zero-order valence-electron chi connectivity index (χ0n) is 12.6. The van der Waals surface area contributed by atoms with E-state index >= 15 is 0 Å². The van der Waals surface area contributed by atoms with Crippen molar-refractivity contribution in [2.45, 2.75) is 31.7 Å². The zero-order valence-corrected chi connectivity index (χ0v) is 12.6. The minimum Gasteiger partial charge on any atom is -0.493 e. The number of ether oxygens (including phenoxy) is 3. The molecule has 0 bridgehead atoms. The highest BCUT2D eigenvalue weighted by Gasteiger charge is 2.41. The lowest BCUT2D eigenvalue weighted by Gasteiger charge is -2.23. The highest BCUT2D eigenvalue weighted by atomic mass is 16.5. The van der Waals surface area contributed by atoms with Crippen molar-refractivity contribution >= 4 is 0 Å². The highest BCUT2D eigenvalue weighted by molar-refractivity contribution is 5.63. The van der Waals surface area contributed by atoms with Crippen LogP contribution in [0.25, 0.3) is 0 Å². The predicted octanol–water partition coefficient (Wildman–Crippen LogP) is 2.65. The summed E-state index contributed by atoms with van der Waals surface area (Å²) in [4.78, 5) is 0. The molecule has 0 radical (unpaired) electrons. The van der Waals surface area contributed by atoms with Crippen LogP contribution in [-0.4, -0.2) is 28.4 Å². The van der Waals surface area contributed by atoms with E-state index < -0.39 is 0 Å². The van der Waals surface area contributed by atoms with Gasteiger partial charge >= 0.3 is 0 Å². The van der Waals surface area contributed by atoms with E-state index in [4.69, 9.17) is 14.2 Å². The molecule has 1 aromatic rings. The zero-order chi connectivity index (χ0) is 14.2. The lowest BCUT2D eigenvalue weighted by atomic mass is 9.85. The Hall–Kier alpha value is -1.42. The number of benzene rings is 1. The van der Waals surface area contributed by atoms with Crippen molar-refractivity contribution in [1.29, 1.82) is 0 Å². The Labute approximate surface area is 115 Å². The minimum atomic E-state index is 0.0495. The van der Waals surface area contributed by atoms with Crippen LogP contribution in [0.15, 0.2) is 6.07 Å². The van der Waals surface area contributed by atoms with Crippen molar-refractivity contribution in [1.82, 2.24) is 5.32 Å². The molecule has 1 aliphatic rings. The summed E-state index contributed by atoms with van der Waals surface area (Å²) in [6.45, 7) is 4.47. The second kappa shape index (κ2) is 4.93. The summed E-state index contributed by atoms with van der Waals surface area (Å²) < 4.78 is 16.5. The van der Waals surface area contributed by atoms with Crippen LogP contribution >= 0.6 is 0 Å². The molecule has 19 heavy (non-hydrogen) atoms. The summed E-state index contributed by atoms with van der Waals surface area (Å²) in [5, 5.41) is 3.36. The van der Waals surface area contributed by atoms with E-state index in [1.54, 1.807) is 21.3 Å². The Bertz CT molecular complexity index is 483. The van der Waals surface area contributed by atoms with Gasteiger partial charge in [0.05, 0.1) is 21.3 Å². The highest BCUT2D eigenvalue weighted by Crippen LogP contribution is 2.54. The molecule has 0 spiro atoms. The summed E-state index contributed by atoms with van der Waals surface area (Å²) >= 11 is 0. The topological polar surface area (TPSA) is 39.7 Å². The van der Waals surface area contributed by atoms with E-state index in [9.17, 15) is 0 Å². The molecular weight excluding hydrogens is 242 g/mol. The van der Waals surface area contributed by atoms with Crippen LogP contribution in [-0.2, 0) is 5.41 Å². The van der Waals surface area contributed by atoms with E-state index in [0.29, 0.717) is 11.8 Å². The van der Waals surface area contributed by atoms with Crippen molar-refractivity contribution < 1.29 is 14.2 Å². The normalized spacial score (nSPS) is 20.0. The van der Waals surface area contributed by atoms with Gasteiger partial charge in [-0.3, -0.25) is 0 Å². The van der Waals surface area contributed by atoms with Gasteiger partial charge in [-0.25, -0.2) is 0 Å². The third kappa shape index (κ3) is 2.04. The van der Waals surface area contributed by atoms with Crippen molar-refractivity contribution in [3.8, 4) is 17.2 Å².